The van der Waals surface area contributed by atoms with Crippen molar-refractivity contribution in [3.8, 4) is 56.7 Å². The van der Waals surface area contributed by atoms with Crippen molar-refractivity contribution in [2.75, 3.05) is 0 Å². The zero-order chi connectivity index (χ0) is 37.0. The van der Waals surface area contributed by atoms with Gasteiger partial charge in [-0.05, 0) is 53.6 Å². The standard InChI is InChI=1S/C51H33N5/c1-5-16-34(17-6-1)37-28-30-41-40-24-13-14-25-43(40)56(46(41)32-37)45-27-15-26-44-48(45)42-31-29-38(33-47(42)55(44)39-22-11-4-12-23-39)51-53-49(35-18-7-2-8-19-35)52-50(54-51)36-20-9-3-10-21-36/h1-33H. The minimum absolute atomic E-state index is 0.625. The Hall–Kier alpha value is -7.63. The molecule has 0 aliphatic heterocycles. The first kappa shape index (κ1) is 31.9. The van der Waals surface area contributed by atoms with Gasteiger partial charge in [0, 0.05) is 43.9 Å². The summed E-state index contributed by atoms with van der Waals surface area (Å²) in [7, 11) is 0. The van der Waals surface area contributed by atoms with Crippen molar-refractivity contribution < 1.29 is 0 Å². The van der Waals surface area contributed by atoms with Crippen molar-refractivity contribution in [3.63, 3.8) is 0 Å². The van der Waals surface area contributed by atoms with Gasteiger partial charge in [-0.25, -0.2) is 15.0 Å². The summed E-state index contributed by atoms with van der Waals surface area (Å²) < 4.78 is 4.82. The highest BCUT2D eigenvalue weighted by atomic mass is 15.0. The molecule has 0 aliphatic rings. The smallest absolute Gasteiger partial charge is 0.164 e. The maximum atomic E-state index is 5.09. The van der Waals surface area contributed by atoms with Crippen LogP contribution in [0.2, 0.25) is 0 Å². The molecule has 0 radical (unpaired) electrons. The first-order valence-corrected chi connectivity index (χ1v) is 18.9. The van der Waals surface area contributed by atoms with Gasteiger partial charge < -0.3 is 9.13 Å². The molecular weight excluding hydrogens is 683 g/mol. The molecule has 11 rings (SSSR count). The molecule has 5 heteroatoms. The van der Waals surface area contributed by atoms with E-state index in [0.717, 1.165) is 44.5 Å². The zero-order valence-corrected chi connectivity index (χ0v) is 30.3. The molecule has 11 aromatic rings. The predicted molar refractivity (Wildman–Crippen MR) is 230 cm³/mol. The van der Waals surface area contributed by atoms with Crippen LogP contribution in [0.1, 0.15) is 0 Å². The van der Waals surface area contributed by atoms with Gasteiger partial charge in [0.05, 0.1) is 27.8 Å². The highest BCUT2D eigenvalue weighted by Gasteiger charge is 2.21. The quantitative estimate of drug-likeness (QED) is 0.172. The fourth-order valence-electron chi connectivity index (χ4n) is 8.21. The Bertz CT molecular complexity index is 3160. The van der Waals surface area contributed by atoms with E-state index in [1.165, 1.54) is 38.3 Å². The van der Waals surface area contributed by atoms with Gasteiger partial charge in [-0.15, -0.1) is 0 Å². The van der Waals surface area contributed by atoms with Crippen LogP contribution in [0.3, 0.4) is 0 Å². The summed E-state index contributed by atoms with van der Waals surface area (Å²) in [6.45, 7) is 0. The molecule has 0 saturated heterocycles. The van der Waals surface area contributed by atoms with Crippen LogP contribution in [-0.2, 0) is 0 Å². The molecule has 0 aliphatic carbocycles. The Morgan fingerprint density at radius 1 is 0.286 bits per heavy atom. The number of benzene rings is 8. The Morgan fingerprint density at radius 3 is 1.45 bits per heavy atom. The van der Waals surface area contributed by atoms with Crippen molar-refractivity contribution in [3.05, 3.63) is 200 Å². The van der Waals surface area contributed by atoms with Crippen LogP contribution in [0.5, 0.6) is 0 Å². The molecule has 0 amide bonds. The van der Waals surface area contributed by atoms with Crippen LogP contribution < -0.4 is 0 Å². The van der Waals surface area contributed by atoms with Gasteiger partial charge in [0.15, 0.2) is 17.5 Å². The maximum Gasteiger partial charge on any atom is 0.164 e. The third kappa shape index (κ3) is 5.21. The zero-order valence-electron chi connectivity index (χ0n) is 30.3. The fraction of sp³-hybridized carbons (Fsp3) is 0. The van der Waals surface area contributed by atoms with Crippen LogP contribution in [0.15, 0.2) is 200 Å². The largest absolute Gasteiger partial charge is 0.309 e. The molecule has 3 heterocycles. The summed E-state index contributed by atoms with van der Waals surface area (Å²) in [5, 5.41) is 4.78. The van der Waals surface area contributed by atoms with Gasteiger partial charge in [-0.1, -0.05) is 158 Å². The summed E-state index contributed by atoms with van der Waals surface area (Å²) in [6.07, 6.45) is 0. The lowest BCUT2D eigenvalue weighted by molar-refractivity contribution is 1.07. The summed E-state index contributed by atoms with van der Waals surface area (Å²) in [5.41, 5.74) is 11.9. The van der Waals surface area contributed by atoms with E-state index in [4.69, 9.17) is 15.0 Å². The lowest BCUT2D eigenvalue weighted by Gasteiger charge is -2.12. The molecule has 0 bridgehead atoms. The predicted octanol–water partition coefficient (Wildman–Crippen LogP) is 12.7. The summed E-state index contributed by atoms with van der Waals surface area (Å²) in [5.74, 6) is 1.91. The Labute approximate surface area is 323 Å². The number of rotatable bonds is 6. The molecule has 8 aromatic carbocycles. The Morgan fingerprint density at radius 2 is 0.768 bits per heavy atom. The Kier molecular flexibility index (Phi) is 7.42. The SMILES string of the molecule is c1ccc(-c2ccc3c4ccccc4n(-c4cccc5c4c4ccc(-c6nc(-c7ccccc7)nc(-c7ccccc7)n6)cc4n5-c4ccccc4)c3c2)cc1. The van der Waals surface area contributed by atoms with Gasteiger partial charge in [0.2, 0.25) is 0 Å². The van der Waals surface area contributed by atoms with E-state index in [9.17, 15) is 0 Å². The van der Waals surface area contributed by atoms with Gasteiger partial charge in [-0.2, -0.15) is 0 Å². The third-order valence-corrected chi connectivity index (χ3v) is 10.8. The molecule has 0 atom stereocenters. The third-order valence-electron chi connectivity index (χ3n) is 10.8. The van der Waals surface area contributed by atoms with Crippen molar-refractivity contribution in [1.29, 1.82) is 0 Å². The van der Waals surface area contributed by atoms with Crippen LogP contribution in [-0.4, -0.2) is 24.1 Å². The number of para-hydroxylation sites is 2. The average Bonchev–Trinajstić information content (AvgIpc) is 3.79. The van der Waals surface area contributed by atoms with E-state index in [-0.39, 0.29) is 0 Å². The van der Waals surface area contributed by atoms with Crippen molar-refractivity contribution in [1.82, 2.24) is 24.1 Å². The van der Waals surface area contributed by atoms with Crippen molar-refractivity contribution >= 4 is 43.6 Å². The minimum atomic E-state index is 0.625. The highest BCUT2D eigenvalue weighted by Crippen LogP contribution is 2.41. The lowest BCUT2D eigenvalue weighted by atomic mass is 10.0. The number of hydrogen-bond donors (Lipinski definition) is 0. The molecule has 0 saturated carbocycles. The summed E-state index contributed by atoms with van der Waals surface area (Å²) in [4.78, 5) is 15.1. The molecule has 0 fully saturated rings. The van der Waals surface area contributed by atoms with Gasteiger partial charge in [0.1, 0.15) is 0 Å². The van der Waals surface area contributed by atoms with E-state index >= 15 is 0 Å². The van der Waals surface area contributed by atoms with Crippen LogP contribution in [0, 0.1) is 0 Å². The second-order valence-electron chi connectivity index (χ2n) is 14.1. The number of nitrogens with zero attached hydrogens (tertiary/aromatic N) is 5. The second kappa shape index (κ2) is 13.0. The molecule has 0 N–H and O–H groups in total. The fourth-order valence-corrected chi connectivity index (χ4v) is 8.21. The molecular formula is C51H33N5. The normalized spacial score (nSPS) is 11.6. The summed E-state index contributed by atoms with van der Waals surface area (Å²) >= 11 is 0. The van der Waals surface area contributed by atoms with Gasteiger partial charge >= 0.3 is 0 Å². The first-order valence-electron chi connectivity index (χ1n) is 18.9. The van der Waals surface area contributed by atoms with E-state index in [1.807, 2.05) is 60.7 Å². The van der Waals surface area contributed by atoms with E-state index in [2.05, 4.69) is 149 Å². The van der Waals surface area contributed by atoms with E-state index < -0.39 is 0 Å². The Balaban J connectivity index is 1.19. The molecule has 0 unspecified atom stereocenters. The lowest BCUT2D eigenvalue weighted by Crippen LogP contribution is -2.00. The maximum absolute atomic E-state index is 5.09. The average molecular weight is 716 g/mol. The number of hydrogen-bond acceptors (Lipinski definition) is 3. The van der Waals surface area contributed by atoms with E-state index in [0.29, 0.717) is 17.5 Å². The van der Waals surface area contributed by atoms with Gasteiger partial charge in [0.25, 0.3) is 0 Å². The molecule has 5 nitrogen and oxygen atoms in total. The van der Waals surface area contributed by atoms with Crippen LogP contribution in [0.4, 0.5) is 0 Å². The van der Waals surface area contributed by atoms with Crippen molar-refractivity contribution in [2.45, 2.75) is 0 Å². The highest BCUT2D eigenvalue weighted by molar-refractivity contribution is 6.17. The monoisotopic (exact) mass is 715 g/mol. The number of fused-ring (bicyclic) bond motifs is 6. The molecule has 262 valence electrons. The second-order valence-corrected chi connectivity index (χ2v) is 14.1. The topological polar surface area (TPSA) is 48.5 Å². The molecule has 56 heavy (non-hydrogen) atoms. The summed E-state index contributed by atoms with van der Waals surface area (Å²) in [6, 6.07) is 70.4. The van der Waals surface area contributed by atoms with Crippen LogP contribution >= 0.6 is 0 Å². The van der Waals surface area contributed by atoms with Gasteiger partial charge in [-0.3, -0.25) is 0 Å². The molecule has 3 aromatic heterocycles. The minimum Gasteiger partial charge on any atom is -0.309 e. The molecule has 0 spiro atoms. The van der Waals surface area contributed by atoms with E-state index in [1.54, 1.807) is 0 Å². The first-order chi connectivity index (χ1) is 27.8. The van der Waals surface area contributed by atoms with Crippen molar-refractivity contribution in [2.24, 2.45) is 0 Å². The number of aromatic nitrogens is 5. The van der Waals surface area contributed by atoms with Crippen LogP contribution in [0.25, 0.3) is 100 Å².